The van der Waals surface area contributed by atoms with Crippen molar-refractivity contribution in [2.45, 2.75) is 39.3 Å². The second-order valence-electron chi connectivity index (χ2n) is 6.16. The van der Waals surface area contributed by atoms with Crippen molar-refractivity contribution in [3.05, 3.63) is 53.2 Å². The fourth-order valence-corrected chi connectivity index (χ4v) is 2.52. The predicted octanol–water partition coefficient (Wildman–Crippen LogP) is 3.31. The molecule has 0 saturated carbocycles. The summed E-state index contributed by atoms with van der Waals surface area (Å²) >= 11 is 0. The van der Waals surface area contributed by atoms with Crippen molar-refractivity contribution in [3.8, 4) is 17.6 Å². The number of ether oxygens (including phenoxy) is 2. The summed E-state index contributed by atoms with van der Waals surface area (Å²) in [7, 11) is 1.58. The van der Waals surface area contributed by atoms with E-state index in [0.717, 1.165) is 30.6 Å². The molecule has 1 amide bonds. The Labute approximate surface area is 166 Å². The number of nitrogens with one attached hydrogen (secondary N) is 1. The van der Waals surface area contributed by atoms with E-state index in [1.807, 2.05) is 31.2 Å². The molecule has 0 bridgehead atoms. The van der Waals surface area contributed by atoms with E-state index < -0.39 is 0 Å². The molecule has 2 aromatic rings. The maximum absolute atomic E-state index is 12.4. The number of nitrogens with two attached hydrogens (primary N) is 1. The molecule has 1 aromatic carbocycles. The molecule has 28 heavy (non-hydrogen) atoms. The second kappa shape index (κ2) is 11.6. The maximum Gasteiger partial charge on any atom is 0.255 e. The largest absolute Gasteiger partial charge is 0.494 e. The van der Waals surface area contributed by atoms with Crippen LogP contribution in [-0.2, 0) is 17.9 Å². The van der Waals surface area contributed by atoms with Gasteiger partial charge in [0, 0.05) is 26.5 Å². The van der Waals surface area contributed by atoms with Gasteiger partial charge < -0.3 is 20.5 Å². The number of nitrogen functional groups attached to an aromatic ring is 1. The number of aromatic nitrogens is 1. The van der Waals surface area contributed by atoms with Crippen molar-refractivity contribution in [1.29, 1.82) is 0 Å². The van der Waals surface area contributed by atoms with Gasteiger partial charge in [0.2, 0.25) is 0 Å². The number of hydrogen-bond donors (Lipinski definition) is 2. The van der Waals surface area contributed by atoms with Gasteiger partial charge in [0.05, 0.1) is 24.5 Å². The number of rotatable bonds is 9. The van der Waals surface area contributed by atoms with E-state index in [1.165, 1.54) is 0 Å². The highest BCUT2D eigenvalue weighted by molar-refractivity contribution is 5.98. The third kappa shape index (κ3) is 6.93. The third-order valence-corrected chi connectivity index (χ3v) is 3.89. The van der Waals surface area contributed by atoms with Crippen molar-refractivity contribution in [1.82, 2.24) is 10.3 Å². The average molecular weight is 381 g/mol. The predicted molar refractivity (Wildman–Crippen MR) is 110 cm³/mol. The molecule has 0 spiro atoms. The lowest BCUT2D eigenvalue weighted by Gasteiger charge is -2.10. The molecule has 148 valence electrons. The number of methoxy groups -OCH3 is 1. The Kier molecular flexibility index (Phi) is 8.83. The molecule has 0 radical (unpaired) electrons. The summed E-state index contributed by atoms with van der Waals surface area (Å²) in [6.45, 7) is 3.38. The molecule has 2 rings (SSSR count). The summed E-state index contributed by atoms with van der Waals surface area (Å²) in [5.74, 6) is 6.84. The Bertz CT molecular complexity index is 840. The van der Waals surface area contributed by atoms with Gasteiger partial charge in [-0.2, -0.15) is 0 Å². The molecule has 0 saturated heterocycles. The number of benzene rings is 1. The molecular weight excluding hydrogens is 354 g/mol. The molecule has 1 aromatic heterocycles. The van der Waals surface area contributed by atoms with Crippen molar-refractivity contribution >= 4 is 11.7 Å². The Morgan fingerprint density at radius 3 is 2.86 bits per heavy atom. The zero-order chi connectivity index (χ0) is 20.2. The quantitative estimate of drug-likeness (QED) is 0.514. The highest BCUT2D eigenvalue weighted by atomic mass is 16.5. The minimum atomic E-state index is -0.269. The van der Waals surface area contributed by atoms with Gasteiger partial charge in [-0.1, -0.05) is 19.1 Å². The highest BCUT2D eigenvalue weighted by Gasteiger charge is 2.11. The lowest BCUT2D eigenvalue weighted by Crippen LogP contribution is -2.24. The first-order chi connectivity index (χ1) is 13.6. The number of carbonyl (C=O) groups excluding carboxylic acids is 1. The van der Waals surface area contributed by atoms with Crippen LogP contribution in [0.5, 0.6) is 5.75 Å². The minimum absolute atomic E-state index is 0.190. The Morgan fingerprint density at radius 2 is 2.11 bits per heavy atom. The standard InChI is InChI=1S/C22H27N3O3/c1-3-4-5-6-7-13-28-19-10-8-9-17(14-19)15-24-22(26)20-12-11-18(16-27-2)25-21(20)23/h8-12,14H,3,6-7,13,15-16H2,1-2H3,(H2,23,25)(H,24,26). The number of carbonyl (C=O) groups is 1. The van der Waals surface area contributed by atoms with Crippen LogP contribution < -0.4 is 15.8 Å². The van der Waals surface area contributed by atoms with Gasteiger partial charge in [-0.3, -0.25) is 4.79 Å². The van der Waals surface area contributed by atoms with Gasteiger partial charge in [-0.15, -0.1) is 11.8 Å². The molecule has 0 fully saturated rings. The van der Waals surface area contributed by atoms with Gasteiger partial charge in [0.1, 0.15) is 11.6 Å². The van der Waals surface area contributed by atoms with Crippen molar-refractivity contribution < 1.29 is 14.3 Å². The summed E-state index contributed by atoms with van der Waals surface area (Å²) in [6, 6.07) is 11.0. The first kappa shape index (κ1) is 21.3. The first-order valence-electron chi connectivity index (χ1n) is 9.34. The first-order valence-corrected chi connectivity index (χ1v) is 9.34. The Balaban J connectivity index is 1.86. The number of nitrogens with zero attached hydrogens (tertiary/aromatic N) is 1. The number of unbranched alkanes of at least 4 members (excludes halogenated alkanes) is 1. The molecule has 6 nitrogen and oxygen atoms in total. The van der Waals surface area contributed by atoms with Crippen LogP contribution >= 0.6 is 0 Å². The SMILES string of the molecule is CCC#CCCCOc1cccc(CNC(=O)c2ccc(COC)nc2N)c1. The molecule has 0 aliphatic carbocycles. The number of hydrogen-bond acceptors (Lipinski definition) is 5. The van der Waals surface area contributed by atoms with E-state index in [4.69, 9.17) is 15.2 Å². The van der Waals surface area contributed by atoms with Crippen LogP contribution in [0.2, 0.25) is 0 Å². The van der Waals surface area contributed by atoms with Crippen molar-refractivity contribution in [3.63, 3.8) is 0 Å². The second-order valence-corrected chi connectivity index (χ2v) is 6.16. The smallest absolute Gasteiger partial charge is 0.255 e. The zero-order valence-corrected chi connectivity index (χ0v) is 16.5. The topological polar surface area (TPSA) is 86.5 Å². The van der Waals surface area contributed by atoms with Crippen LogP contribution in [0.3, 0.4) is 0 Å². The van der Waals surface area contributed by atoms with Crippen LogP contribution in [0.25, 0.3) is 0 Å². The molecular formula is C22H27N3O3. The highest BCUT2D eigenvalue weighted by Crippen LogP contribution is 2.15. The maximum atomic E-state index is 12.4. The molecule has 0 unspecified atom stereocenters. The van der Waals surface area contributed by atoms with Gasteiger partial charge in [0.25, 0.3) is 5.91 Å². The molecule has 0 atom stereocenters. The van der Waals surface area contributed by atoms with Gasteiger partial charge in [-0.05, 0) is 36.2 Å². The van der Waals surface area contributed by atoms with Crippen molar-refractivity contribution in [2.75, 3.05) is 19.5 Å². The molecule has 0 aliphatic heterocycles. The molecule has 6 heteroatoms. The number of anilines is 1. The van der Waals surface area contributed by atoms with Gasteiger partial charge in [-0.25, -0.2) is 4.98 Å². The average Bonchev–Trinajstić information content (AvgIpc) is 2.69. The van der Waals surface area contributed by atoms with Crippen LogP contribution in [0, 0.1) is 11.8 Å². The zero-order valence-electron chi connectivity index (χ0n) is 16.5. The summed E-state index contributed by atoms with van der Waals surface area (Å²) in [5, 5.41) is 2.86. The summed E-state index contributed by atoms with van der Waals surface area (Å²) in [5.41, 5.74) is 7.86. The van der Waals surface area contributed by atoms with E-state index in [1.54, 1.807) is 19.2 Å². The third-order valence-electron chi connectivity index (χ3n) is 3.89. The van der Waals surface area contributed by atoms with Gasteiger partial charge in [0.15, 0.2) is 0 Å². The van der Waals surface area contributed by atoms with Crippen molar-refractivity contribution in [2.24, 2.45) is 0 Å². The van der Waals surface area contributed by atoms with Crippen LogP contribution in [-0.4, -0.2) is 24.6 Å². The normalized spacial score (nSPS) is 10.1. The number of pyridine rings is 1. The van der Waals surface area contributed by atoms with Crippen LogP contribution in [0.4, 0.5) is 5.82 Å². The minimum Gasteiger partial charge on any atom is -0.494 e. The Morgan fingerprint density at radius 1 is 1.25 bits per heavy atom. The van der Waals surface area contributed by atoms with E-state index in [-0.39, 0.29) is 11.7 Å². The Hall–Kier alpha value is -3.04. The lowest BCUT2D eigenvalue weighted by molar-refractivity contribution is 0.0951. The molecule has 1 heterocycles. The van der Waals surface area contributed by atoms with E-state index in [2.05, 4.69) is 22.1 Å². The monoisotopic (exact) mass is 381 g/mol. The van der Waals surface area contributed by atoms with E-state index in [0.29, 0.717) is 31.0 Å². The summed E-state index contributed by atoms with van der Waals surface area (Å²) in [6.07, 6.45) is 2.61. The fraction of sp³-hybridized carbons (Fsp3) is 0.364. The fourth-order valence-electron chi connectivity index (χ4n) is 2.52. The molecule has 0 aliphatic rings. The van der Waals surface area contributed by atoms with Crippen LogP contribution in [0.1, 0.15) is 47.8 Å². The number of amides is 1. The van der Waals surface area contributed by atoms with E-state index in [9.17, 15) is 4.79 Å². The lowest BCUT2D eigenvalue weighted by atomic mass is 10.2. The summed E-state index contributed by atoms with van der Waals surface area (Å²) in [4.78, 5) is 16.6. The van der Waals surface area contributed by atoms with Gasteiger partial charge >= 0.3 is 0 Å². The molecule has 3 N–H and O–H groups in total. The van der Waals surface area contributed by atoms with E-state index >= 15 is 0 Å². The summed E-state index contributed by atoms with van der Waals surface area (Å²) < 4.78 is 10.8. The van der Waals surface area contributed by atoms with Crippen LogP contribution in [0.15, 0.2) is 36.4 Å².